The monoisotopic (exact) mass is 436 g/mol. The fourth-order valence-electron chi connectivity index (χ4n) is 3.08. The van der Waals surface area contributed by atoms with E-state index in [1.54, 1.807) is 28.8 Å². The fourth-order valence-corrected chi connectivity index (χ4v) is 4.03. The van der Waals surface area contributed by atoms with Crippen LogP contribution in [0.2, 0.25) is 5.02 Å². The number of carbonyl (C=O) groups is 1. The maximum Gasteiger partial charge on any atom is 0.275 e. The largest absolute Gasteiger partial charge is 0.385 e. The first-order valence-electron chi connectivity index (χ1n) is 9.07. The zero-order valence-electron chi connectivity index (χ0n) is 15.7. The van der Waals surface area contributed by atoms with Gasteiger partial charge in [0.05, 0.1) is 5.75 Å². The number of benzene rings is 3. The van der Waals surface area contributed by atoms with Gasteiger partial charge in [0.1, 0.15) is 5.82 Å². The molecule has 0 saturated heterocycles. The van der Waals surface area contributed by atoms with Crippen molar-refractivity contribution >= 4 is 51.5 Å². The Morgan fingerprint density at radius 2 is 1.80 bits per heavy atom. The standard InChI is InChI=1S/C22H17ClN4O2S/c23-15-8-10-16(11-9-15)27-19(24)12-20(28)26-22(27)30-13-21(29)25-18-7-3-5-14-4-1-2-6-17(14)18/h1-12H,13,24H2,(H,25,29). The normalized spacial score (nSPS) is 10.8. The van der Waals surface area contributed by atoms with Gasteiger partial charge in [-0.2, -0.15) is 4.98 Å². The quantitative estimate of drug-likeness (QED) is 0.358. The number of hydrogen-bond acceptors (Lipinski definition) is 5. The maximum absolute atomic E-state index is 12.6. The van der Waals surface area contributed by atoms with Gasteiger partial charge in [-0.25, -0.2) is 0 Å². The first-order chi connectivity index (χ1) is 14.5. The number of rotatable bonds is 5. The van der Waals surface area contributed by atoms with E-state index in [4.69, 9.17) is 17.3 Å². The number of nitrogens with one attached hydrogen (secondary N) is 1. The molecule has 0 spiro atoms. The molecule has 4 aromatic rings. The minimum absolute atomic E-state index is 0.0622. The lowest BCUT2D eigenvalue weighted by atomic mass is 10.1. The van der Waals surface area contributed by atoms with Gasteiger partial charge in [0, 0.05) is 27.8 Å². The predicted octanol–water partition coefficient (Wildman–Crippen LogP) is 4.35. The number of carbonyl (C=O) groups excluding carboxylic acids is 1. The first-order valence-corrected chi connectivity index (χ1v) is 10.4. The van der Waals surface area contributed by atoms with E-state index in [1.807, 2.05) is 42.5 Å². The predicted molar refractivity (Wildman–Crippen MR) is 123 cm³/mol. The van der Waals surface area contributed by atoms with Crippen molar-refractivity contribution < 1.29 is 4.79 Å². The second-order valence-electron chi connectivity index (χ2n) is 6.48. The number of thioether (sulfide) groups is 1. The van der Waals surface area contributed by atoms with E-state index in [0.29, 0.717) is 15.9 Å². The molecule has 0 bridgehead atoms. The van der Waals surface area contributed by atoms with Crippen LogP contribution in [0.5, 0.6) is 0 Å². The summed E-state index contributed by atoms with van der Waals surface area (Å²) in [7, 11) is 0. The molecule has 3 aromatic carbocycles. The summed E-state index contributed by atoms with van der Waals surface area (Å²) in [4.78, 5) is 28.5. The Bertz CT molecular complexity index is 1280. The molecular weight excluding hydrogens is 420 g/mol. The van der Waals surface area contributed by atoms with E-state index in [9.17, 15) is 9.59 Å². The van der Waals surface area contributed by atoms with Crippen molar-refractivity contribution in [1.82, 2.24) is 9.55 Å². The fraction of sp³-hybridized carbons (Fsp3) is 0.0455. The average Bonchev–Trinajstić information content (AvgIpc) is 2.73. The lowest BCUT2D eigenvalue weighted by Crippen LogP contribution is -2.19. The van der Waals surface area contributed by atoms with Crippen LogP contribution < -0.4 is 16.6 Å². The summed E-state index contributed by atoms with van der Waals surface area (Å²) in [5.41, 5.74) is 7.02. The number of amides is 1. The van der Waals surface area contributed by atoms with Crippen LogP contribution in [0.25, 0.3) is 16.5 Å². The van der Waals surface area contributed by atoms with E-state index >= 15 is 0 Å². The molecule has 150 valence electrons. The summed E-state index contributed by atoms with van der Waals surface area (Å²) in [6, 6.07) is 21.8. The van der Waals surface area contributed by atoms with Crippen molar-refractivity contribution in [2.24, 2.45) is 0 Å². The molecule has 1 amide bonds. The number of aromatic nitrogens is 2. The van der Waals surface area contributed by atoms with Gasteiger partial charge in [-0.05, 0) is 35.7 Å². The average molecular weight is 437 g/mol. The summed E-state index contributed by atoms with van der Waals surface area (Å²) < 4.78 is 1.62. The molecule has 3 N–H and O–H groups in total. The number of hydrogen-bond donors (Lipinski definition) is 2. The molecule has 0 atom stereocenters. The highest BCUT2D eigenvalue weighted by Gasteiger charge is 2.13. The molecule has 0 aliphatic rings. The third kappa shape index (κ3) is 4.32. The second kappa shape index (κ2) is 8.61. The summed E-state index contributed by atoms with van der Waals surface area (Å²) >= 11 is 7.09. The van der Waals surface area contributed by atoms with Gasteiger partial charge < -0.3 is 11.1 Å². The van der Waals surface area contributed by atoms with E-state index in [2.05, 4.69) is 10.3 Å². The summed E-state index contributed by atoms with van der Waals surface area (Å²) in [5, 5.41) is 5.83. The Balaban J connectivity index is 1.57. The van der Waals surface area contributed by atoms with Gasteiger partial charge in [0.15, 0.2) is 5.16 Å². The number of nitrogens with two attached hydrogens (primary N) is 1. The molecule has 0 saturated carbocycles. The maximum atomic E-state index is 12.6. The topological polar surface area (TPSA) is 90.0 Å². The lowest BCUT2D eigenvalue weighted by Gasteiger charge is -2.15. The molecule has 0 aliphatic carbocycles. The molecule has 4 rings (SSSR count). The Kier molecular flexibility index (Phi) is 5.74. The Labute approximate surface area is 181 Å². The highest BCUT2D eigenvalue weighted by atomic mass is 35.5. The zero-order valence-corrected chi connectivity index (χ0v) is 17.3. The highest BCUT2D eigenvalue weighted by molar-refractivity contribution is 7.99. The minimum Gasteiger partial charge on any atom is -0.385 e. The smallest absolute Gasteiger partial charge is 0.275 e. The number of anilines is 2. The molecule has 6 nitrogen and oxygen atoms in total. The molecule has 1 aromatic heterocycles. The van der Waals surface area contributed by atoms with Crippen molar-refractivity contribution in [3.8, 4) is 5.69 Å². The molecule has 0 aliphatic heterocycles. The number of nitrogen functional groups attached to an aromatic ring is 1. The zero-order chi connectivity index (χ0) is 21.1. The Morgan fingerprint density at radius 1 is 1.07 bits per heavy atom. The van der Waals surface area contributed by atoms with E-state index in [0.717, 1.165) is 28.2 Å². The van der Waals surface area contributed by atoms with Crippen molar-refractivity contribution in [3.05, 3.63) is 88.2 Å². The van der Waals surface area contributed by atoms with Crippen LogP contribution in [-0.2, 0) is 4.79 Å². The molecule has 0 fully saturated rings. The van der Waals surface area contributed by atoms with Crippen LogP contribution in [0.1, 0.15) is 0 Å². The van der Waals surface area contributed by atoms with Crippen molar-refractivity contribution in [2.75, 3.05) is 16.8 Å². The van der Waals surface area contributed by atoms with Gasteiger partial charge in [-0.3, -0.25) is 14.2 Å². The molecular formula is C22H17ClN4O2S. The summed E-state index contributed by atoms with van der Waals surface area (Å²) in [6.45, 7) is 0. The van der Waals surface area contributed by atoms with Crippen LogP contribution in [0.15, 0.2) is 82.7 Å². The van der Waals surface area contributed by atoms with Gasteiger partial charge in [-0.15, -0.1) is 0 Å². The molecule has 8 heteroatoms. The second-order valence-corrected chi connectivity index (χ2v) is 7.86. The third-order valence-corrected chi connectivity index (χ3v) is 5.60. The van der Waals surface area contributed by atoms with Crippen molar-refractivity contribution in [3.63, 3.8) is 0 Å². The Hall–Kier alpha value is -3.29. The molecule has 1 heterocycles. The van der Waals surface area contributed by atoms with E-state index in [1.165, 1.54) is 6.07 Å². The van der Waals surface area contributed by atoms with Crippen molar-refractivity contribution in [1.29, 1.82) is 0 Å². The van der Waals surface area contributed by atoms with Crippen LogP contribution >= 0.6 is 23.4 Å². The minimum atomic E-state index is -0.463. The van der Waals surface area contributed by atoms with Gasteiger partial charge in [0.2, 0.25) is 5.91 Å². The van der Waals surface area contributed by atoms with Crippen molar-refractivity contribution in [2.45, 2.75) is 5.16 Å². The highest BCUT2D eigenvalue weighted by Crippen LogP contribution is 2.25. The number of nitrogens with zero attached hydrogens (tertiary/aromatic N) is 2. The van der Waals surface area contributed by atoms with Crippen LogP contribution in [0.3, 0.4) is 0 Å². The van der Waals surface area contributed by atoms with Crippen LogP contribution in [-0.4, -0.2) is 21.2 Å². The molecule has 0 radical (unpaired) electrons. The summed E-state index contributed by atoms with van der Waals surface area (Å²) in [5.74, 6) is 0.0807. The number of fused-ring (bicyclic) bond motifs is 1. The summed E-state index contributed by atoms with van der Waals surface area (Å²) in [6.07, 6.45) is 0. The van der Waals surface area contributed by atoms with Crippen LogP contribution in [0.4, 0.5) is 11.5 Å². The lowest BCUT2D eigenvalue weighted by molar-refractivity contribution is -0.113. The van der Waals surface area contributed by atoms with Crippen LogP contribution in [0, 0.1) is 0 Å². The van der Waals surface area contributed by atoms with Gasteiger partial charge in [0.25, 0.3) is 5.56 Å². The van der Waals surface area contributed by atoms with Gasteiger partial charge in [-0.1, -0.05) is 59.8 Å². The van der Waals surface area contributed by atoms with Gasteiger partial charge >= 0.3 is 0 Å². The molecule has 30 heavy (non-hydrogen) atoms. The SMILES string of the molecule is Nc1cc(=O)nc(SCC(=O)Nc2cccc3ccccc23)n1-c1ccc(Cl)cc1. The molecule has 0 unspecified atom stereocenters. The first kappa shape index (κ1) is 20.0. The Morgan fingerprint density at radius 3 is 2.60 bits per heavy atom. The van der Waals surface area contributed by atoms with E-state index < -0.39 is 5.56 Å². The third-order valence-electron chi connectivity index (χ3n) is 4.41. The number of halogens is 1. The van der Waals surface area contributed by atoms with E-state index in [-0.39, 0.29) is 17.5 Å².